The van der Waals surface area contributed by atoms with Crippen LogP contribution < -0.4 is 10.1 Å². The van der Waals surface area contributed by atoms with Crippen molar-refractivity contribution in [2.45, 2.75) is 0 Å². The summed E-state index contributed by atoms with van der Waals surface area (Å²) in [7, 11) is 1.62. The highest BCUT2D eigenvalue weighted by Crippen LogP contribution is 2.25. The molecule has 3 nitrogen and oxygen atoms in total. The second-order valence-corrected chi connectivity index (χ2v) is 4.07. The van der Waals surface area contributed by atoms with E-state index in [2.05, 4.69) is 5.32 Å². The molecule has 0 radical (unpaired) electrons. The van der Waals surface area contributed by atoms with Gasteiger partial charge in [-0.05, 0) is 30.3 Å². The normalized spacial score (nSPS) is 9.61. The Hall–Kier alpha value is -2.18. The first-order valence-electron chi connectivity index (χ1n) is 5.33. The van der Waals surface area contributed by atoms with Gasteiger partial charge in [-0.25, -0.2) is 0 Å². The van der Waals surface area contributed by atoms with Crippen LogP contribution in [0.3, 0.4) is 0 Å². The van der Waals surface area contributed by atoms with Crippen LogP contribution in [0.25, 0.3) is 0 Å². The molecule has 1 N–H and O–H groups in total. The van der Waals surface area contributed by atoms with E-state index in [0.29, 0.717) is 10.6 Å². The Kier molecular flexibility index (Phi) is 3.71. The summed E-state index contributed by atoms with van der Waals surface area (Å²) in [5.41, 5.74) is 2.19. The summed E-state index contributed by atoms with van der Waals surface area (Å²) in [6.45, 7) is 0. The summed E-state index contributed by atoms with van der Waals surface area (Å²) in [5, 5.41) is 12.4. The Bertz CT molecular complexity index is 605. The van der Waals surface area contributed by atoms with Crippen molar-refractivity contribution in [3.8, 4) is 11.8 Å². The van der Waals surface area contributed by atoms with Crippen molar-refractivity contribution >= 4 is 23.0 Å². The quantitative estimate of drug-likeness (QED) is 0.906. The lowest BCUT2D eigenvalue weighted by Gasteiger charge is -2.08. The Morgan fingerprint density at radius 1 is 1.17 bits per heavy atom. The first kappa shape index (κ1) is 12.3. The van der Waals surface area contributed by atoms with Crippen LogP contribution in [-0.2, 0) is 0 Å². The van der Waals surface area contributed by atoms with Gasteiger partial charge in [-0.3, -0.25) is 0 Å². The number of methoxy groups -OCH3 is 1. The maximum Gasteiger partial charge on any atom is 0.120 e. The molecular weight excluding hydrogens is 248 g/mol. The van der Waals surface area contributed by atoms with E-state index in [1.54, 1.807) is 19.2 Å². The molecule has 0 heterocycles. The van der Waals surface area contributed by atoms with Crippen molar-refractivity contribution in [1.82, 2.24) is 0 Å². The van der Waals surface area contributed by atoms with Gasteiger partial charge in [-0.2, -0.15) is 5.26 Å². The van der Waals surface area contributed by atoms with E-state index in [4.69, 9.17) is 21.6 Å². The predicted octanol–water partition coefficient (Wildman–Crippen LogP) is 3.96. The number of nitrogens with zero attached hydrogens (tertiary/aromatic N) is 1. The number of anilines is 2. The fraction of sp³-hybridized carbons (Fsp3) is 0.0714. The standard InChI is InChI=1S/C14H11ClN2O/c1-18-13-4-2-3-11(7-13)17-12-6-5-10(9-16)14(15)8-12/h2-8,17H,1H3. The molecule has 0 unspecified atom stereocenters. The monoisotopic (exact) mass is 258 g/mol. The van der Waals surface area contributed by atoms with Crippen LogP contribution in [0.2, 0.25) is 5.02 Å². The number of rotatable bonds is 3. The first-order valence-corrected chi connectivity index (χ1v) is 5.71. The molecule has 18 heavy (non-hydrogen) atoms. The Labute approximate surface area is 111 Å². The molecule has 0 bridgehead atoms. The van der Waals surface area contributed by atoms with E-state index >= 15 is 0 Å². The van der Waals surface area contributed by atoms with Gasteiger partial charge in [0.25, 0.3) is 0 Å². The molecule has 0 amide bonds. The summed E-state index contributed by atoms with van der Waals surface area (Å²) in [6.07, 6.45) is 0. The molecule has 0 aliphatic heterocycles. The number of ether oxygens (including phenoxy) is 1. The SMILES string of the molecule is COc1cccc(Nc2ccc(C#N)c(Cl)c2)c1. The van der Waals surface area contributed by atoms with Crippen molar-refractivity contribution in [2.75, 3.05) is 12.4 Å². The minimum atomic E-state index is 0.436. The van der Waals surface area contributed by atoms with Gasteiger partial charge >= 0.3 is 0 Å². The van der Waals surface area contributed by atoms with Gasteiger partial charge in [0.15, 0.2) is 0 Å². The van der Waals surface area contributed by atoms with Crippen LogP contribution in [0.5, 0.6) is 5.75 Å². The zero-order valence-corrected chi connectivity index (χ0v) is 10.5. The molecule has 0 fully saturated rings. The first-order chi connectivity index (χ1) is 8.72. The van der Waals surface area contributed by atoms with Crippen molar-refractivity contribution in [1.29, 1.82) is 5.26 Å². The van der Waals surface area contributed by atoms with Crippen LogP contribution in [0.15, 0.2) is 42.5 Å². The molecule has 0 atom stereocenters. The van der Waals surface area contributed by atoms with Gasteiger partial charge < -0.3 is 10.1 Å². The maximum atomic E-state index is 8.80. The highest BCUT2D eigenvalue weighted by molar-refractivity contribution is 6.32. The number of hydrogen-bond acceptors (Lipinski definition) is 3. The Morgan fingerprint density at radius 2 is 1.94 bits per heavy atom. The summed E-state index contributed by atoms with van der Waals surface area (Å²) in [6, 6.07) is 14.8. The average molecular weight is 259 g/mol. The zero-order valence-electron chi connectivity index (χ0n) is 9.77. The molecule has 0 spiro atoms. The second-order valence-electron chi connectivity index (χ2n) is 3.66. The summed E-state index contributed by atoms with van der Waals surface area (Å²) >= 11 is 5.97. The molecule has 2 rings (SSSR count). The molecule has 2 aromatic rings. The van der Waals surface area contributed by atoms with E-state index in [1.165, 1.54) is 0 Å². The second kappa shape index (κ2) is 5.44. The van der Waals surface area contributed by atoms with Crippen LogP contribution in [0.4, 0.5) is 11.4 Å². The molecule has 2 aromatic carbocycles. The third-order valence-corrected chi connectivity index (χ3v) is 2.76. The molecule has 4 heteroatoms. The minimum absolute atomic E-state index is 0.436. The lowest BCUT2D eigenvalue weighted by Crippen LogP contribution is -1.92. The van der Waals surface area contributed by atoms with Crippen LogP contribution >= 0.6 is 11.6 Å². The lowest BCUT2D eigenvalue weighted by atomic mass is 10.2. The fourth-order valence-electron chi connectivity index (χ4n) is 1.55. The molecule has 0 saturated heterocycles. The molecular formula is C14H11ClN2O. The van der Waals surface area contributed by atoms with Gasteiger partial charge in [-0.15, -0.1) is 0 Å². The van der Waals surface area contributed by atoms with Crippen molar-refractivity contribution in [3.63, 3.8) is 0 Å². The number of halogens is 1. The van der Waals surface area contributed by atoms with E-state index in [-0.39, 0.29) is 0 Å². The Balaban J connectivity index is 2.23. The predicted molar refractivity (Wildman–Crippen MR) is 72.4 cm³/mol. The third kappa shape index (κ3) is 2.73. The third-order valence-electron chi connectivity index (χ3n) is 2.45. The summed E-state index contributed by atoms with van der Waals surface area (Å²) in [4.78, 5) is 0. The number of hydrogen-bond donors (Lipinski definition) is 1. The van der Waals surface area contributed by atoms with Crippen molar-refractivity contribution < 1.29 is 4.74 Å². The Morgan fingerprint density at radius 3 is 2.61 bits per heavy atom. The number of nitrogens with one attached hydrogen (secondary N) is 1. The average Bonchev–Trinajstić information content (AvgIpc) is 2.39. The largest absolute Gasteiger partial charge is 0.497 e. The van der Waals surface area contributed by atoms with Gasteiger partial charge in [0.2, 0.25) is 0 Å². The van der Waals surface area contributed by atoms with E-state index < -0.39 is 0 Å². The summed E-state index contributed by atoms with van der Waals surface area (Å²) in [5.74, 6) is 0.778. The number of nitriles is 1. The van der Waals surface area contributed by atoms with Gasteiger partial charge in [-0.1, -0.05) is 17.7 Å². The van der Waals surface area contributed by atoms with Gasteiger partial charge in [0, 0.05) is 17.4 Å². The zero-order chi connectivity index (χ0) is 13.0. The van der Waals surface area contributed by atoms with Gasteiger partial charge in [0.05, 0.1) is 17.7 Å². The molecule has 0 aliphatic rings. The van der Waals surface area contributed by atoms with Crippen LogP contribution in [0, 0.1) is 11.3 Å². The molecule has 90 valence electrons. The molecule has 0 aromatic heterocycles. The van der Waals surface area contributed by atoms with E-state index in [9.17, 15) is 0 Å². The highest BCUT2D eigenvalue weighted by Gasteiger charge is 2.02. The van der Waals surface area contributed by atoms with Crippen molar-refractivity contribution in [3.05, 3.63) is 53.1 Å². The van der Waals surface area contributed by atoms with Crippen LogP contribution in [-0.4, -0.2) is 7.11 Å². The highest BCUT2D eigenvalue weighted by atomic mass is 35.5. The van der Waals surface area contributed by atoms with Crippen LogP contribution in [0.1, 0.15) is 5.56 Å². The molecule has 0 saturated carbocycles. The maximum absolute atomic E-state index is 8.80. The van der Waals surface area contributed by atoms with E-state index in [1.807, 2.05) is 36.4 Å². The fourth-order valence-corrected chi connectivity index (χ4v) is 1.77. The topological polar surface area (TPSA) is 45.0 Å². The smallest absolute Gasteiger partial charge is 0.120 e. The van der Waals surface area contributed by atoms with Crippen molar-refractivity contribution in [2.24, 2.45) is 0 Å². The van der Waals surface area contributed by atoms with Gasteiger partial charge in [0.1, 0.15) is 11.8 Å². The summed E-state index contributed by atoms with van der Waals surface area (Å²) < 4.78 is 5.14. The van der Waals surface area contributed by atoms with E-state index in [0.717, 1.165) is 17.1 Å². The molecule has 0 aliphatic carbocycles. The lowest BCUT2D eigenvalue weighted by molar-refractivity contribution is 0.415. The minimum Gasteiger partial charge on any atom is -0.497 e. The number of benzene rings is 2.